The third-order valence-corrected chi connectivity index (χ3v) is 2.86. The van der Waals surface area contributed by atoms with Gasteiger partial charge in [-0.05, 0) is 14.0 Å². The maximum absolute atomic E-state index is 11.9. The van der Waals surface area contributed by atoms with Gasteiger partial charge in [-0.1, -0.05) is 0 Å². The first-order valence-electron chi connectivity index (χ1n) is 5.18. The zero-order valence-electron chi connectivity index (χ0n) is 9.10. The highest BCUT2D eigenvalue weighted by atomic mass is 16.2. The fourth-order valence-electron chi connectivity index (χ4n) is 1.76. The number of rotatable bonds is 2. The summed E-state index contributed by atoms with van der Waals surface area (Å²) in [6, 6.07) is -0.119. The molecule has 0 spiro atoms. The largest absolute Gasteiger partial charge is 0.332 e. The quantitative estimate of drug-likeness (QED) is 0.734. The van der Waals surface area contributed by atoms with Gasteiger partial charge in [0.2, 0.25) is 5.91 Å². The van der Waals surface area contributed by atoms with E-state index in [1.54, 1.807) is 13.2 Å². The molecule has 1 aromatic rings. The van der Waals surface area contributed by atoms with Gasteiger partial charge in [-0.2, -0.15) is 0 Å². The van der Waals surface area contributed by atoms with Gasteiger partial charge in [-0.25, -0.2) is 4.98 Å². The molecule has 1 aliphatic rings. The van der Waals surface area contributed by atoms with E-state index in [9.17, 15) is 4.79 Å². The van der Waals surface area contributed by atoms with Crippen LogP contribution in [0.2, 0.25) is 0 Å². The number of carbonyl (C=O) groups excluding carboxylic acids is 1. The van der Waals surface area contributed by atoms with Crippen LogP contribution < -0.4 is 5.32 Å². The van der Waals surface area contributed by atoms with Gasteiger partial charge in [-0.3, -0.25) is 4.79 Å². The van der Waals surface area contributed by atoms with Crippen LogP contribution in [-0.2, 0) is 17.9 Å². The molecule has 15 heavy (non-hydrogen) atoms. The topological polar surface area (TPSA) is 50.2 Å². The fraction of sp³-hybridized carbons (Fsp3) is 0.600. The van der Waals surface area contributed by atoms with Gasteiger partial charge in [0.25, 0.3) is 0 Å². The lowest BCUT2D eigenvalue weighted by atomic mass is 10.2. The van der Waals surface area contributed by atoms with Crippen molar-refractivity contribution in [3.63, 3.8) is 0 Å². The standard InChI is InChI=1S/C10H16N4O/c1-8(11-2)10(15)14-6-5-13-4-3-12-9(13)7-14/h3-4,8,11H,5-7H2,1-2H3. The molecular formula is C10H16N4O. The number of nitrogens with zero attached hydrogens (tertiary/aromatic N) is 3. The lowest BCUT2D eigenvalue weighted by Gasteiger charge is -2.29. The van der Waals surface area contributed by atoms with Crippen LogP contribution in [0.5, 0.6) is 0 Å². The van der Waals surface area contributed by atoms with Gasteiger partial charge in [0.05, 0.1) is 12.6 Å². The summed E-state index contributed by atoms with van der Waals surface area (Å²) in [6.07, 6.45) is 3.74. The fourth-order valence-corrected chi connectivity index (χ4v) is 1.76. The summed E-state index contributed by atoms with van der Waals surface area (Å²) < 4.78 is 2.09. The first-order valence-corrected chi connectivity index (χ1v) is 5.18. The maximum atomic E-state index is 11.9. The molecule has 5 nitrogen and oxygen atoms in total. The summed E-state index contributed by atoms with van der Waals surface area (Å²) in [5.74, 6) is 1.12. The summed E-state index contributed by atoms with van der Waals surface area (Å²) >= 11 is 0. The second kappa shape index (κ2) is 4.02. The Bertz CT molecular complexity index is 360. The van der Waals surface area contributed by atoms with Crippen molar-refractivity contribution in [3.8, 4) is 0 Å². The van der Waals surface area contributed by atoms with Crippen molar-refractivity contribution in [1.82, 2.24) is 19.8 Å². The SMILES string of the molecule is CNC(C)C(=O)N1CCn2ccnc2C1. The Hall–Kier alpha value is -1.36. The van der Waals surface area contributed by atoms with Crippen LogP contribution in [0.1, 0.15) is 12.7 Å². The second-order valence-corrected chi connectivity index (χ2v) is 3.81. The summed E-state index contributed by atoms with van der Waals surface area (Å²) in [5.41, 5.74) is 0. The average Bonchev–Trinajstić information content (AvgIpc) is 2.73. The molecule has 0 saturated carbocycles. The Kier molecular flexibility index (Phi) is 2.73. The number of aromatic nitrogens is 2. The molecule has 1 unspecified atom stereocenters. The number of imidazole rings is 1. The van der Waals surface area contributed by atoms with Crippen LogP contribution in [0.15, 0.2) is 12.4 Å². The molecule has 2 rings (SSSR count). The normalized spacial score (nSPS) is 17.3. The first kappa shape index (κ1) is 10.2. The summed E-state index contributed by atoms with van der Waals surface area (Å²) in [6.45, 7) is 4.12. The molecule has 0 radical (unpaired) electrons. The minimum Gasteiger partial charge on any atom is -0.332 e. The van der Waals surface area contributed by atoms with E-state index in [0.717, 1.165) is 18.9 Å². The van der Waals surface area contributed by atoms with E-state index in [1.807, 2.05) is 18.0 Å². The number of likely N-dealkylation sites (N-methyl/N-ethyl adjacent to an activating group) is 1. The van der Waals surface area contributed by atoms with E-state index < -0.39 is 0 Å². The first-order chi connectivity index (χ1) is 7.22. The van der Waals surface area contributed by atoms with Crippen molar-refractivity contribution in [2.24, 2.45) is 0 Å². The van der Waals surface area contributed by atoms with Crippen LogP contribution in [0.3, 0.4) is 0 Å². The molecule has 1 N–H and O–H groups in total. The summed E-state index contributed by atoms with van der Waals surface area (Å²) in [5, 5.41) is 2.96. The van der Waals surface area contributed by atoms with Gasteiger partial charge in [0.15, 0.2) is 0 Å². The van der Waals surface area contributed by atoms with Crippen molar-refractivity contribution >= 4 is 5.91 Å². The number of fused-ring (bicyclic) bond motifs is 1. The Morgan fingerprint density at radius 2 is 2.40 bits per heavy atom. The van der Waals surface area contributed by atoms with E-state index in [1.165, 1.54) is 0 Å². The van der Waals surface area contributed by atoms with Crippen LogP contribution in [0.25, 0.3) is 0 Å². The predicted molar refractivity (Wildman–Crippen MR) is 56.2 cm³/mol. The molecule has 0 aliphatic carbocycles. The molecule has 1 aromatic heterocycles. The summed E-state index contributed by atoms with van der Waals surface area (Å²) in [4.78, 5) is 18.0. The second-order valence-electron chi connectivity index (χ2n) is 3.81. The number of hydrogen-bond donors (Lipinski definition) is 1. The maximum Gasteiger partial charge on any atom is 0.239 e. The van der Waals surface area contributed by atoms with Crippen LogP contribution in [-0.4, -0.2) is 40.0 Å². The van der Waals surface area contributed by atoms with Crippen molar-refractivity contribution < 1.29 is 4.79 Å². The Morgan fingerprint density at radius 1 is 1.60 bits per heavy atom. The molecule has 0 aromatic carbocycles. The van der Waals surface area contributed by atoms with Crippen molar-refractivity contribution in [2.75, 3.05) is 13.6 Å². The smallest absolute Gasteiger partial charge is 0.239 e. The van der Waals surface area contributed by atoms with Gasteiger partial charge in [0, 0.05) is 25.5 Å². The number of hydrogen-bond acceptors (Lipinski definition) is 3. The highest BCUT2D eigenvalue weighted by Gasteiger charge is 2.23. The molecule has 2 heterocycles. The van der Waals surface area contributed by atoms with Crippen LogP contribution in [0.4, 0.5) is 0 Å². The van der Waals surface area contributed by atoms with E-state index >= 15 is 0 Å². The third kappa shape index (κ3) is 1.87. The number of nitrogens with one attached hydrogen (secondary N) is 1. The molecule has 0 saturated heterocycles. The number of carbonyl (C=O) groups is 1. The Balaban J connectivity index is 2.06. The average molecular weight is 208 g/mol. The zero-order valence-corrected chi connectivity index (χ0v) is 9.10. The highest BCUT2D eigenvalue weighted by molar-refractivity contribution is 5.81. The van der Waals surface area contributed by atoms with Gasteiger partial charge >= 0.3 is 0 Å². The molecular weight excluding hydrogens is 192 g/mol. The molecule has 1 amide bonds. The van der Waals surface area contributed by atoms with Crippen LogP contribution >= 0.6 is 0 Å². The van der Waals surface area contributed by atoms with E-state index in [2.05, 4.69) is 14.9 Å². The third-order valence-electron chi connectivity index (χ3n) is 2.86. The van der Waals surface area contributed by atoms with Gasteiger partial charge in [0.1, 0.15) is 5.82 Å². The highest BCUT2D eigenvalue weighted by Crippen LogP contribution is 2.10. The van der Waals surface area contributed by atoms with Crippen molar-refractivity contribution in [2.45, 2.75) is 26.1 Å². The Labute approximate surface area is 89.1 Å². The van der Waals surface area contributed by atoms with Crippen molar-refractivity contribution in [3.05, 3.63) is 18.2 Å². The van der Waals surface area contributed by atoms with E-state index in [0.29, 0.717) is 6.54 Å². The number of amides is 1. The molecule has 0 fully saturated rings. The molecule has 0 bridgehead atoms. The molecule has 5 heteroatoms. The van der Waals surface area contributed by atoms with E-state index in [4.69, 9.17) is 0 Å². The lowest BCUT2D eigenvalue weighted by Crippen LogP contribution is -2.46. The van der Waals surface area contributed by atoms with Crippen LogP contribution in [0, 0.1) is 0 Å². The minimum atomic E-state index is -0.119. The monoisotopic (exact) mass is 208 g/mol. The van der Waals surface area contributed by atoms with E-state index in [-0.39, 0.29) is 11.9 Å². The molecule has 1 atom stereocenters. The Morgan fingerprint density at radius 3 is 3.13 bits per heavy atom. The molecule has 1 aliphatic heterocycles. The van der Waals surface area contributed by atoms with Crippen molar-refractivity contribution in [1.29, 1.82) is 0 Å². The summed E-state index contributed by atoms with van der Waals surface area (Å²) in [7, 11) is 1.80. The predicted octanol–water partition coefficient (Wildman–Crippen LogP) is -0.167. The minimum absolute atomic E-state index is 0.119. The van der Waals surface area contributed by atoms with Gasteiger partial charge in [-0.15, -0.1) is 0 Å². The van der Waals surface area contributed by atoms with Gasteiger partial charge < -0.3 is 14.8 Å². The lowest BCUT2D eigenvalue weighted by molar-refractivity contribution is -0.134. The zero-order chi connectivity index (χ0) is 10.8. The molecule has 82 valence electrons.